The van der Waals surface area contributed by atoms with Crippen LogP contribution >= 0.6 is 0 Å². The highest BCUT2D eigenvalue weighted by Gasteiger charge is 2.10. The van der Waals surface area contributed by atoms with E-state index in [2.05, 4.69) is 36.5 Å². The smallest absolute Gasteiger partial charge is 0.0715 e. The van der Waals surface area contributed by atoms with Crippen molar-refractivity contribution < 1.29 is 5.11 Å². The molecule has 2 heteroatoms. The minimum absolute atomic E-state index is 0.619. The minimum Gasteiger partial charge on any atom is -0.389 e. The molecule has 0 saturated carbocycles. The number of hydrogen-bond donors (Lipinski definition) is 2. The zero-order valence-corrected chi connectivity index (χ0v) is 10.6. The molecule has 2 nitrogen and oxygen atoms in total. The van der Waals surface area contributed by atoms with E-state index in [0.29, 0.717) is 6.54 Å². The lowest BCUT2D eigenvalue weighted by molar-refractivity contribution is 0.0801. The third-order valence-corrected chi connectivity index (χ3v) is 2.58. The van der Waals surface area contributed by atoms with E-state index >= 15 is 0 Å². The topological polar surface area (TPSA) is 32.3 Å². The predicted molar refractivity (Wildman–Crippen MR) is 68.7 cm³/mol. The van der Waals surface area contributed by atoms with Crippen LogP contribution in [0.2, 0.25) is 0 Å². The molecule has 1 rings (SSSR count). The molecule has 1 aromatic carbocycles. The Hall–Kier alpha value is -0.860. The highest BCUT2D eigenvalue weighted by atomic mass is 16.3. The predicted octanol–water partition coefficient (Wildman–Crippen LogP) is 2.15. The Kier molecular flexibility index (Phi) is 4.97. The second-order valence-corrected chi connectivity index (χ2v) is 4.91. The molecule has 0 spiro atoms. The third kappa shape index (κ3) is 5.29. The molecule has 0 aliphatic heterocycles. The van der Waals surface area contributed by atoms with Gasteiger partial charge in [0.25, 0.3) is 0 Å². The maximum Gasteiger partial charge on any atom is 0.0715 e. The summed E-state index contributed by atoms with van der Waals surface area (Å²) in [4.78, 5) is 0. The molecule has 0 unspecified atom stereocenters. The SMILES string of the molecule is CCc1ccc(CCNCC(C)(C)O)cc1. The van der Waals surface area contributed by atoms with E-state index in [4.69, 9.17) is 0 Å². The van der Waals surface area contributed by atoms with Crippen LogP contribution in [-0.2, 0) is 12.8 Å². The van der Waals surface area contributed by atoms with Crippen LogP contribution in [0.25, 0.3) is 0 Å². The first-order chi connectivity index (χ1) is 7.51. The minimum atomic E-state index is -0.619. The highest BCUT2D eigenvalue weighted by Crippen LogP contribution is 2.05. The molecule has 0 aliphatic carbocycles. The second-order valence-electron chi connectivity index (χ2n) is 4.91. The van der Waals surface area contributed by atoms with Crippen molar-refractivity contribution in [2.45, 2.75) is 39.2 Å². The van der Waals surface area contributed by atoms with Gasteiger partial charge in [-0.05, 0) is 44.4 Å². The maximum atomic E-state index is 9.52. The molecule has 0 atom stereocenters. The van der Waals surface area contributed by atoms with Crippen LogP contribution in [0.5, 0.6) is 0 Å². The van der Waals surface area contributed by atoms with Gasteiger partial charge in [-0.15, -0.1) is 0 Å². The summed E-state index contributed by atoms with van der Waals surface area (Å²) in [6.45, 7) is 7.35. The molecule has 90 valence electrons. The highest BCUT2D eigenvalue weighted by molar-refractivity contribution is 5.22. The van der Waals surface area contributed by atoms with Gasteiger partial charge in [0, 0.05) is 6.54 Å². The van der Waals surface area contributed by atoms with Gasteiger partial charge in [-0.25, -0.2) is 0 Å². The fourth-order valence-electron chi connectivity index (χ4n) is 1.57. The summed E-state index contributed by atoms with van der Waals surface area (Å²) in [6.07, 6.45) is 2.11. The average Bonchev–Trinajstić information content (AvgIpc) is 2.24. The van der Waals surface area contributed by atoms with E-state index in [9.17, 15) is 5.11 Å². The molecular weight excluding hydrogens is 198 g/mol. The Bertz CT molecular complexity index is 298. The van der Waals surface area contributed by atoms with Crippen molar-refractivity contribution in [1.82, 2.24) is 5.32 Å². The summed E-state index contributed by atoms with van der Waals surface area (Å²) in [7, 11) is 0. The van der Waals surface area contributed by atoms with Crippen molar-refractivity contribution in [3.8, 4) is 0 Å². The van der Waals surface area contributed by atoms with Crippen molar-refractivity contribution in [2.75, 3.05) is 13.1 Å². The van der Waals surface area contributed by atoms with E-state index in [-0.39, 0.29) is 0 Å². The lowest BCUT2D eigenvalue weighted by atomic mass is 10.1. The Balaban J connectivity index is 2.27. The summed E-state index contributed by atoms with van der Waals surface area (Å²) in [5.74, 6) is 0. The molecule has 0 aliphatic rings. The van der Waals surface area contributed by atoms with Crippen LogP contribution in [0, 0.1) is 0 Å². The number of benzene rings is 1. The zero-order chi connectivity index (χ0) is 12.0. The van der Waals surface area contributed by atoms with Crippen LogP contribution in [-0.4, -0.2) is 23.8 Å². The lowest BCUT2D eigenvalue weighted by Gasteiger charge is -2.17. The summed E-state index contributed by atoms with van der Waals surface area (Å²) in [5.41, 5.74) is 2.11. The van der Waals surface area contributed by atoms with Gasteiger partial charge >= 0.3 is 0 Å². The molecule has 0 radical (unpaired) electrons. The molecule has 0 fully saturated rings. The first-order valence-corrected chi connectivity index (χ1v) is 6.02. The van der Waals surface area contributed by atoms with E-state index in [1.54, 1.807) is 0 Å². The first-order valence-electron chi connectivity index (χ1n) is 6.02. The Morgan fingerprint density at radius 3 is 2.19 bits per heavy atom. The number of rotatable bonds is 6. The fraction of sp³-hybridized carbons (Fsp3) is 0.571. The summed E-state index contributed by atoms with van der Waals surface area (Å²) in [6, 6.07) is 8.74. The summed E-state index contributed by atoms with van der Waals surface area (Å²) < 4.78 is 0. The van der Waals surface area contributed by atoms with Gasteiger partial charge in [-0.3, -0.25) is 0 Å². The van der Waals surface area contributed by atoms with E-state index in [0.717, 1.165) is 19.4 Å². The number of hydrogen-bond acceptors (Lipinski definition) is 2. The normalized spacial score (nSPS) is 11.8. The lowest BCUT2D eigenvalue weighted by Crippen LogP contribution is -2.35. The third-order valence-electron chi connectivity index (χ3n) is 2.58. The van der Waals surface area contributed by atoms with Crippen LogP contribution < -0.4 is 5.32 Å². The molecule has 0 bridgehead atoms. The molecular formula is C14H23NO. The standard InChI is InChI=1S/C14H23NO/c1-4-12-5-7-13(8-6-12)9-10-15-11-14(2,3)16/h5-8,15-16H,4,9-11H2,1-3H3. The molecule has 0 heterocycles. The molecule has 0 amide bonds. The molecule has 0 aromatic heterocycles. The Labute approximate surface area is 98.7 Å². The van der Waals surface area contributed by atoms with E-state index in [1.807, 2.05) is 13.8 Å². The van der Waals surface area contributed by atoms with Crippen LogP contribution in [0.3, 0.4) is 0 Å². The van der Waals surface area contributed by atoms with Gasteiger partial charge in [0.15, 0.2) is 0 Å². The Morgan fingerprint density at radius 1 is 1.12 bits per heavy atom. The largest absolute Gasteiger partial charge is 0.389 e. The van der Waals surface area contributed by atoms with Gasteiger partial charge in [0.2, 0.25) is 0 Å². The van der Waals surface area contributed by atoms with Gasteiger partial charge in [-0.2, -0.15) is 0 Å². The van der Waals surface area contributed by atoms with Gasteiger partial charge in [0.1, 0.15) is 0 Å². The van der Waals surface area contributed by atoms with Crippen LogP contribution in [0.15, 0.2) is 24.3 Å². The second kappa shape index (κ2) is 6.02. The van der Waals surface area contributed by atoms with E-state index < -0.39 is 5.60 Å². The van der Waals surface area contributed by atoms with Gasteiger partial charge in [0.05, 0.1) is 5.60 Å². The molecule has 16 heavy (non-hydrogen) atoms. The maximum absolute atomic E-state index is 9.52. The summed E-state index contributed by atoms with van der Waals surface area (Å²) in [5, 5.41) is 12.8. The molecule has 0 saturated heterocycles. The number of aliphatic hydroxyl groups is 1. The monoisotopic (exact) mass is 221 g/mol. The molecule has 2 N–H and O–H groups in total. The van der Waals surface area contributed by atoms with Gasteiger partial charge < -0.3 is 10.4 Å². The fourth-order valence-corrected chi connectivity index (χ4v) is 1.57. The van der Waals surface area contributed by atoms with Crippen molar-refractivity contribution in [2.24, 2.45) is 0 Å². The van der Waals surface area contributed by atoms with Crippen molar-refractivity contribution >= 4 is 0 Å². The molecule has 1 aromatic rings. The van der Waals surface area contributed by atoms with Crippen molar-refractivity contribution in [3.05, 3.63) is 35.4 Å². The number of aryl methyl sites for hydroxylation is 1. The van der Waals surface area contributed by atoms with Crippen molar-refractivity contribution in [1.29, 1.82) is 0 Å². The quantitative estimate of drug-likeness (QED) is 0.721. The van der Waals surface area contributed by atoms with Crippen LogP contribution in [0.4, 0.5) is 0 Å². The Morgan fingerprint density at radius 2 is 1.69 bits per heavy atom. The number of nitrogens with one attached hydrogen (secondary N) is 1. The van der Waals surface area contributed by atoms with Gasteiger partial charge in [-0.1, -0.05) is 31.2 Å². The average molecular weight is 221 g/mol. The van der Waals surface area contributed by atoms with Crippen molar-refractivity contribution in [3.63, 3.8) is 0 Å². The zero-order valence-electron chi connectivity index (χ0n) is 10.6. The summed E-state index contributed by atoms with van der Waals surface area (Å²) >= 11 is 0. The first kappa shape index (κ1) is 13.2. The van der Waals surface area contributed by atoms with E-state index in [1.165, 1.54) is 11.1 Å². The van der Waals surface area contributed by atoms with Crippen LogP contribution in [0.1, 0.15) is 31.9 Å².